The molecule has 1 heterocycles. The van der Waals surface area contributed by atoms with E-state index in [1.54, 1.807) is 35.2 Å². The number of carbonyl (C=O) groups excluding carboxylic acids is 1. The Balaban J connectivity index is 1.52. The maximum Gasteiger partial charge on any atom is 0.320 e. The molecule has 1 N–H and O–H groups in total. The van der Waals surface area contributed by atoms with Crippen LogP contribution in [-0.4, -0.2) is 56.6 Å². The molecule has 7 nitrogen and oxygen atoms in total. The summed E-state index contributed by atoms with van der Waals surface area (Å²) in [4.78, 5) is 14.4. The Hall–Kier alpha value is -2.58. The number of ether oxygens (including phenoxy) is 1. The first-order valence-electron chi connectivity index (χ1n) is 10.4. The van der Waals surface area contributed by atoms with Crippen LogP contribution in [-0.2, 0) is 15.4 Å². The molecule has 0 atom stereocenters. The van der Waals surface area contributed by atoms with E-state index in [0.29, 0.717) is 13.1 Å². The number of hydrogen-bond acceptors (Lipinski definition) is 4. The molecule has 0 unspecified atom stereocenters. The first-order chi connectivity index (χ1) is 14.6. The number of amides is 2. The van der Waals surface area contributed by atoms with Crippen LogP contribution in [0.2, 0.25) is 0 Å². The second kappa shape index (κ2) is 9.28. The Morgan fingerprint density at radius 1 is 1.03 bits per heavy atom. The van der Waals surface area contributed by atoms with Gasteiger partial charge in [-0.05, 0) is 36.1 Å². The van der Waals surface area contributed by atoms with E-state index >= 15 is 0 Å². The quantitative estimate of drug-likeness (QED) is 0.716. The van der Waals surface area contributed by atoms with Gasteiger partial charge in [-0.25, -0.2) is 13.2 Å². The highest BCUT2D eigenvalue weighted by Crippen LogP contribution is 2.32. The van der Waals surface area contributed by atoms with Crippen LogP contribution >= 0.6 is 0 Å². The smallest absolute Gasteiger partial charge is 0.320 e. The zero-order chi connectivity index (χ0) is 22.6. The van der Waals surface area contributed by atoms with E-state index in [4.69, 9.17) is 4.74 Å². The molecule has 1 fully saturated rings. The molecule has 168 valence electrons. The molecule has 1 aliphatic heterocycles. The molecule has 0 spiro atoms. The van der Waals surface area contributed by atoms with E-state index in [9.17, 15) is 13.2 Å². The highest BCUT2D eigenvalue weighted by Gasteiger charge is 2.30. The first-order valence-corrected chi connectivity index (χ1v) is 11.8. The molecule has 0 aliphatic carbocycles. The lowest BCUT2D eigenvalue weighted by molar-refractivity contribution is 0.162. The highest BCUT2D eigenvalue weighted by molar-refractivity contribution is 7.89. The van der Waals surface area contributed by atoms with Crippen molar-refractivity contribution in [3.8, 4) is 5.75 Å². The van der Waals surface area contributed by atoms with Gasteiger partial charge in [-0.2, -0.15) is 4.31 Å². The molecular weight excluding hydrogens is 414 g/mol. The monoisotopic (exact) mass is 445 g/mol. The van der Waals surface area contributed by atoms with E-state index in [0.717, 1.165) is 16.9 Å². The molecule has 2 aromatic carbocycles. The van der Waals surface area contributed by atoms with Gasteiger partial charge in [0.25, 0.3) is 0 Å². The number of urea groups is 1. The summed E-state index contributed by atoms with van der Waals surface area (Å²) >= 11 is 0. The minimum atomic E-state index is -3.54. The fraction of sp³-hybridized carbons (Fsp3) is 0.435. The van der Waals surface area contributed by atoms with E-state index in [1.165, 1.54) is 4.31 Å². The maximum absolute atomic E-state index is 12.7. The van der Waals surface area contributed by atoms with Crippen LogP contribution < -0.4 is 10.1 Å². The van der Waals surface area contributed by atoms with Crippen LogP contribution in [0.3, 0.4) is 0 Å². The van der Waals surface area contributed by atoms with Crippen LogP contribution in [0, 0.1) is 6.92 Å². The molecule has 0 aromatic heterocycles. The van der Waals surface area contributed by atoms with Crippen LogP contribution in [0.25, 0.3) is 0 Å². The summed E-state index contributed by atoms with van der Waals surface area (Å²) in [5.74, 6) is 0.747. The Morgan fingerprint density at radius 2 is 1.68 bits per heavy atom. The molecule has 1 aliphatic rings. The fourth-order valence-corrected chi connectivity index (χ4v) is 4.96. The predicted molar refractivity (Wildman–Crippen MR) is 121 cm³/mol. The van der Waals surface area contributed by atoms with Crippen molar-refractivity contribution >= 4 is 16.1 Å². The number of piperazine rings is 1. The molecule has 1 saturated heterocycles. The molecule has 8 heteroatoms. The topological polar surface area (TPSA) is 79.0 Å². The molecule has 0 saturated carbocycles. The molecule has 2 aromatic rings. The highest BCUT2D eigenvalue weighted by atomic mass is 32.2. The van der Waals surface area contributed by atoms with Crippen LogP contribution in [0.5, 0.6) is 5.75 Å². The van der Waals surface area contributed by atoms with Gasteiger partial charge in [-0.3, -0.25) is 0 Å². The number of hydrogen-bond donors (Lipinski definition) is 1. The normalized spacial score (nSPS) is 15.5. The largest absolute Gasteiger partial charge is 0.473 e. The van der Waals surface area contributed by atoms with Gasteiger partial charge >= 0.3 is 6.03 Å². The second-order valence-corrected chi connectivity index (χ2v) is 10.7. The SMILES string of the molecule is Cc1ccc(OCNC(=O)N2CCN(S(=O)(=O)c3ccccc3)CC2)c(C(C)(C)C)c1. The minimum absolute atomic E-state index is 0.0491. The standard InChI is InChI=1S/C23H31N3O4S/c1-18-10-11-21(20(16-18)23(2,3)4)30-17-24-22(27)25-12-14-26(15-13-25)31(28,29)19-8-6-5-7-9-19/h5-11,16H,12-15,17H2,1-4H3,(H,24,27). The van der Waals surface area contributed by atoms with Crippen LogP contribution in [0.15, 0.2) is 53.4 Å². The summed E-state index contributed by atoms with van der Waals surface area (Å²) < 4.78 is 32.7. The Kier molecular flexibility index (Phi) is 6.91. The fourth-order valence-electron chi connectivity index (χ4n) is 3.52. The van der Waals surface area contributed by atoms with E-state index in [2.05, 4.69) is 32.2 Å². The molecule has 2 amide bonds. The third kappa shape index (κ3) is 5.57. The van der Waals surface area contributed by atoms with Gasteiger partial charge in [0.2, 0.25) is 10.0 Å². The van der Waals surface area contributed by atoms with Crippen molar-refractivity contribution in [3.05, 3.63) is 59.7 Å². The van der Waals surface area contributed by atoms with Crippen LogP contribution in [0.1, 0.15) is 31.9 Å². The zero-order valence-electron chi connectivity index (χ0n) is 18.6. The van der Waals surface area contributed by atoms with Crippen molar-refractivity contribution in [1.29, 1.82) is 0 Å². The van der Waals surface area contributed by atoms with E-state index in [-0.39, 0.29) is 36.2 Å². The number of rotatable bonds is 5. The predicted octanol–water partition coefficient (Wildman–Crippen LogP) is 3.34. The van der Waals surface area contributed by atoms with Crippen molar-refractivity contribution in [1.82, 2.24) is 14.5 Å². The average Bonchev–Trinajstić information content (AvgIpc) is 2.74. The number of nitrogens with zero attached hydrogens (tertiary/aromatic N) is 2. The second-order valence-electron chi connectivity index (χ2n) is 8.72. The third-order valence-corrected chi connectivity index (χ3v) is 7.21. The van der Waals surface area contributed by atoms with Gasteiger partial charge in [-0.15, -0.1) is 0 Å². The van der Waals surface area contributed by atoms with Gasteiger partial charge in [0.15, 0.2) is 6.73 Å². The zero-order valence-corrected chi connectivity index (χ0v) is 19.4. The van der Waals surface area contributed by atoms with Crippen molar-refractivity contribution in [2.75, 3.05) is 32.9 Å². The number of nitrogens with one attached hydrogen (secondary N) is 1. The van der Waals surface area contributed by atoms with Crippen molar-refractivity contribution in [2.45, 2.75) is 38.0 Å². The van der Waals surface area contributed by atoms with E-state index < -0.39 is 10.0 Å². The molecule has 31 heavy (non-hydrogen) atoms. The van der Waals surface area contributed by atoms with Crippen molar-refractivity contribution in [2.24, 2.45) is 0 Å². The first kappa shape index (κ1) is 23.1. The summed E-state index contributed by atoms with van der Waals surface area (Å²) in [6, 6.07) is 14.1. The van der Waals surface area contributed by atoms with Crippen molar-refractivity contribution < 1.29 is 17.9 Å². The lowest BCUT2D eigenvalue weighted by Crippen LogP contribution is -2.53. The van der Waals surface area contributed by atoms with E-state index in [1.807, 2.05) is 19.1 Å². The Bertz CT molecular complexity index is 1010. The number of sulfonamides is 1. The molecule has 0 radical (unpaired) electrons. The minimum Gasteiger partial charge on any atom is -0.473 e. The van der Waals surface area contributed by atoms with Crippen molar-refractivity contribution in [3.63, 3.8) is 0 Å². The molecule has 0 bridgehead atoms. The van der Waals surface area contributed by atoms with Gasteiger partial charge in [0.1, 0.15) is 5.75 Å². The van der Waals surface area contributed by atoms with Crippen LogP contribution in [0.4, 0.5) is 4.79 Å². The number of carbonyl (C=O) groups is 1. The van der Waals surface area contributed by atoms with Gasteiger partial charge in [0.05, 0.1) is 4.90 Å². The summed E-state index contributed by atoms with van der Waals surface area (Å²) in [7, 11) is -3.54. The number of aryl methyl sites for hydroxylation is 1. The summed E-state index contributed by atoms with van der Waals surface area (Å²) in [5, 5.41) is 2.78. The lowest BCUT2D eigenvalue weighted by Gasteiger charge is -2.34. The summed E-state index contributed by atoms with van der Waals surface area (Å²) in [5.41, 5.74) is 2.16. The van der Waals surface area contributed by atoms with Gasteiger partial charge in [0, 0.05) is 26.2 Å². The maximum atomic E-state index is 12.7. The van der Waals surface area contributed by atoms with Gasteiger partial charge in [-0.1, -0.05) is 56.7 Å². The average molecular weight is 446 g/mol. The summed E-state index contributed by atoms with van der Waals surface area (Å²) in [6.45, 7) is 9.63. The number of benzene rings is 2. The van der Waals surface area contributed by atoms with Gasteiger partial charge < -0.3 is 15.0 Å². The Morgan fingerprint density at radius 3 is 2.29 bits per heavy atom. The lowest BCUT2D eigenvalue weighted by atomic mass is 9.85. The Labute approximate surface area is 185 Å². The molecule has 3 rings (SSSR count). The summed E-state index contributed by atoms with van der Waals surface area (Å²) in [6.07, 6.45) is 0. The molecular formula is C23H31N3O4S. The third-order valence-electron chi connectivity index (χ3n) is 5.30.